The summed E-state index contributed by atoms with van der Waals surface area (Å²) in [4.78, 5) is 38.5. The van der Waals surface area contributed by atoms with E-state index in [1.807, 2.05) is 12.1 Å². The van der Waals surface area contributed by atoms with Crippen LogP contribution in [0.4, 0.5) is 17.2 Å². The summed E-state index contributed by atoms with van der Waals surface area (Å²) in [7, 11) is 1.75. The predicted octanol–water partition coefficient (Wildman–Crippen LogP) is 1.93. The van der Waals surface area contributed by atoms with Crippen LogP contribution in [0, 0.1) is 0 Å². The van der Waals surface area contributed by atoms with Crippen molar-refractivity contribution in [2.24, 2.45) is 0 Å². The number of carbonyl (C=O) groups excluding carboxylic acids is 1. The van der Waals surface area contributed by atoms with Gasteiger partial charge in [-0.25, -0.2) is 4.98 Å². The molecule has 2 aromatic heterocycles. The molecule has 0 atom stereocenters. The van der Waals surface area contributed by atoms with Gasteiger partial charge >= 0.3 is 0 Å². The van der Waals surface area contributed by atoms with E-state index >= 15 is 0 Å². The van der Waals surface area contributed by atoms with E-state index in [1.165, 1.54) is 0 Å². The Balaban J connectivity index is 1.51. The van der Waals surface area contributed by atoms with Crippen LogP contribution in [0.15, 0.2) is 53.7 Å². The molecule has 0 radical (unpaired) electrons. The molecular formula is C22H25N7O2. The number of pyridine rings is 1. The first-order valence-corrected chi connectivity index (χ1v) is 10.2. The summed E-state index contributed by atoms with van der Waals surface area (Å²) in [5.41, 5.74) is 2.56. The smallest absolute Gasteiger partial charge is 0.271 e. The van der Waals surface area contributed by atoms with Crippen LogP contribution in [0.2, 0.25) is 0 Å². The lowest BCUT2D eigenvalue weighted by atomic mass is 10.1. The van der Waals surface area contributed by atoms with Gasteiger partial charge in [-0.3, -0.25) is 14.6 Å². The van der Waals surface area contributed by atoms with Gasteiger partial charge in [0, 0.05) is 49.7 Å². The summed E-state index contributed by atoms with van der Waals surface area (Å²) in [6.45, 7) is 3.89. The van der Waals surface area contributed by atoms with Crippen molar-refractivity contribution >= 4 is 23.1 Å². The molecule has 0 saturated carbocycles. The molecule has 1 amide bonds. The number of aromatic amines is 1. The summed E-state index contributed by atoms with van der Waals surface area (Å²) in [5, 5.41) is 9.01. The molecular weight excluding hydrogens is 394 g/mol. The van der Waals surface area contributed by atoms with Crippen LogP contribution in [0.1, 0.15) is 16.8 Å². The van der Waals surface area contributed by atoms with Crippen LogP contribution in [0.25, 0.3) is 11.3 Å². The molecule has 0 spiro atoms. The van der Waals surface area contributed by atoms with Crippen molar-refractivity contribution in [1.29, 1.82) is 0 Å². The fourth-order valence-electron chi connectivity index (χ4n) is 3.47. The predicted molar refractivity (Wildman–Crippen MR) is 122 cm³/mol. The molecule has 3 heterocycles. The highest BCUT2D eigenvalue weighted by Gasteiger charge is 2.13. The summed E-state index contributed by atoms with van der Waals surface area (Å²) < 4.78 is 0. The summed E-state index contributed by atoms with van der Waals surface area (Å²) in [6.07, 6.45) is 5.83. The lowest BCUT2D eigenvalue weighted by molar-refractivity contribution is 0.102. The van der Waals surface area contributed by atoms with Gasteiger partial charge in [0.05, 0.1) is 18.1 Å². The molecule has 9 nitrogen and oxygen atoms in total. The number of hydrogen-bond donors (Lipinski definition) is 4. The topological polar surface area (TPSA) is 115 Å². The third-order valence-electron chi connectivity index (χ3n) is 5.17. The Labute approximate surface area is 179 Å². The van der Waals surface area contributed by atoms with E-state index in [0.29, 0.717) is 22.6 Å². The van der Waals surface area contributed by atoms with Crippen LogP contribution >= 0.6 is 0 Å². The third kappa shape index (κ3) is 4.89. The number of H-pyrrole nitrogens is 1. The minimum Gasteiger partial charge on any atom is -0.372 e. The van der Waals surface area contributed by atoms with Crippen molar-refractivity contribution in [3.05, 3.63) is 64.8 Å². The zero-order chi connectivity index (χ0) is 21.6. The zero-order valence-electron chi connectivity index (χ0n) is 17.3. The maximum Gasteiger partial charge on any atom is 0.271 e. The second-order valence-electron chi connectivity index (χ2n) is 7.26. The van der Waals surface area contributed by atoms with Gasteiger partial charge in [-0.2, -0.15) is 0 Å². The first kappa shape index (κ1) is 20.5. The number of aromatic nitrogens is 3. The van der Waals surface area contributed by atoms with Crippen LogP contribution in [-0.2, 0) is 0 Å². The first-order valence-electron chi connectivity index (χ1n) is 10.2. The third-order valence-corrected chi connectivity index (χ3v) is 5.17. The van der Waals surface area contributed by atoms with Crippen LogP contribution < -0.4 is 26.4 Å². The van der Waals surface area contributed by atoms with Gasteiger partial charge < -0.3 is 25.8 Å². The van der Waals surface area contributed by atoms with E-state index in [0.717, 1.165) is 38.3 Å². The fraction of sp³-hybridized carbons (Fsp3) is 0.273. The normalized spacial score (nSPS) is 14.0. The lowest BCUT2D eigenvalue weighted by Crippen LogP contribution is -2.27. The SMILES string of the molecule is CNc1cncc(-c2c[nH]c(=O)c(NC(=O)c3ccc(N4CCCNCC4)cc3)c2)n1. The van der Waals surface area contributed by atoms with Crippen LogP contribution in [0.5, 0.6) is 0 Å². The Hall–Kier alpha value is -3.72. The maximum atomic E-state index is 12.7. The largest absolute Gasteiger partial charge is 0.372 e. The van der Waals surface area contributed by atoms with Gasteiger partial charge in [0.25, 0.3) is 11.5 Å². The summed E-state index contributed by atoms with van der Waals surface area (Å²) in [5.74, 6) is 0.261. The second kappa shape index (κ2) is 9.40. The molecule has 160 valence electrons. The van der Waals surface area contributed by atoms with E-state index in [9.17, 15) is 9.59 Å². The standard InChI is InChI=1S/C22H25N7O2/c1-23-20-14-25-13-19(27-20)16-11-18(22(31)26-12-16)28-21(30)15-3-5-17(6-4-15)29-9-2-7-24-8-10-29/h3-6,11-14,24H,2,7-10H2,1H3,(H,23,27)(H,26,31)(H,28,30). The first-order chi connectivity index (χ1) is 15.1. The molecule has 3 aromatic rings. The fourth-order valence-corrected chi connectivity index (χ4v) is 3.47. The molecule has 31 heavy (non-hydrogen) atoms. The van der Waals surface area contributed by atoms with Crippen LogP contribution in [-0.4, -0.2) is 54.1 Å². The highest BCUT2D eigenvalue weighted by atomic mass is 16.2. The van der Waals surface area contributed by atoms with Crippen molar-refractivity contribution in [2.45, 2.75) is 6.42 Å². The summed E-state index contributed by atoms with van der Waals surface area (Å²) >= 11 is 0. The number of benzene rings is 1. The number of nitrogens with one attached hydrogen (secondary N) is 4. The molecule has 1 aromatic carbocycles. The molecule has 9 heteroatoms. The number of hydrogen-bond acceptors (Lipinski definition) is 7. The minimum absolute atomic E-state index is 0.154. The molecule has 1 fully saturated rings. The number of anilines is 3. The van der Waals surface area contributed by atoms with Gasteiger partial charge in [-0.1, -0.05) is 0 Å². The van der Waals surface area contributed by atoms with E-state index in [-0.39, 0.29) is 17.2 Å². The number of carbonyl (C=O) groups is 1. The van der Waals surface area contributed by atoms with Crippen molar-refractivity contribution in [3.8, 4) is 11.3 Å². The molecule has 1 aliphatic rings. The van der Waals surface area contributed by atoms with Gasteiger partial charge in [-0.15, -0.1) is 0 Å². The Bertz CT molecular complexity index is 1100. The zero-order valence-corrected chi connectivity index (χ0v) is 17.3. The molecule has 0 bridgehead atoms. The van der Waals surface area contributed by atoms with Gasteiger partial charge in [0.2, 0.25) is 0 Å². The second-order valence-corrected chi connectivity index (χ2v) is 7.26. The summed E-state index contributed by atoms with van der Waals surface area (Å²) in [6, 6.07) is 9.05. The number of amides is 1. The number of rotatable bonds is 5. The molecule has 0 unspecified atom stereocenters. The Kier molecular flexibility index (Phi) is 6.23. The lowest BCUT2D eigenvalue weighted by Gasteiger charge is -2.22. The Morgan fingerprint density at radius 1 is 1.13 bits per heavy atom. The number of nitrogens with zero attached hydrogens (tertiary/aromatic N) is 3. The minimum atomic E-state index is -0.386. The van der Waals surface area contributed by atoms with Crippen LogP contribution in [0.3, 0.4) is 0 Å². The average molecular weight is 419 g/mol. The van der Waals surface area contributed by atoms with Crippen molar-refractivity contribution in [1.82, 2.24) is 20.3 Å². The quantitative estimate of drug-likeness (QED) is 0.499. The van der Waals surface area contributed by atoms with Gasteiger partial charge in [0.15, 0.2) is 0 Å². The average Bonchev–Trinajstić information content (AvgIpc) is 3.10. The highest BCUT2D eigenvalue weighted by Crippen LogP contribution is 2.20. The van der Waals surface area contributed by atoms with E-state index in [4.69, 9.17) is 0 Å². The molecule has 0 aliphatic carbocycles. The van der Waals surface area contributed by atoms with Gasteiger partial charge in [0.1, 0.15) is 11.5 Å². The molecule has 1 saturated heterocycles. The molecule has 4 N–H and O–H groups in total. The van der Waals surface area contributed by atoms with E-state index in [2.05, 4.69) is 35.8 Å². The van der Waals surface area contributed by atoms with E-state index in [1.54, 1.807) is 43.8 Å². The van der Waals surface area contributed by atoms with Gasteiger partial charge in [-0.05, 0) is 43.3 Å². The monoisotopic (exact) mass is 419 g/mol. The van der Waals surface area contributed by atoms with Crippen molar-refractivity contribution < 1.29 is 4.79 Å². The molecule has 4 rings (SSSR count). The van der Waals surface area contributed by atoms with E-state index < -0.39 is 0 Å². The Morgan fingerprint density at radius 3 is 2.77 bits per heavy atom. The van der Waals surface area contributed by atoms with Crippen molar-refractivity contribution in [2.75, 3.05) is 48.8 Å². The maximum absolute atomic E-state index is 12.7. The highest BCUT2D eigenvalue weighted by molar-refractivity contribution is 6.04. The van der Waals surface area contributed by atoms with Crippen molar-refractivity contribution in [3.63, 3.8) is 0 Å². The Morgan fingerprint density at radius 2 is 1.97 bits per heavy atom. The molecule has 1 aliphatic heterocycles.